The van der Waals surface area contributed by atoms with E-state index in [9.17, 15) is 0 Å². The zero-order valence-electron chi connectivity index (χ0n) is 8.15. The molecule has 0 radical (unpaired) electrons. The number of aromatic nitrogens is 2. The van der Waals surface area contributed by atoms with Crippen molar-refractivity contribution in [3.05, 3.63) is 30.7 Å². The lowest BCUT2D eigenvalue weighted by atomic mass is 10.5. The zero-order chi connectivity index (χ0) is 9.97. The summed E-state index contributed by atoms with van der Waals surface area (Å²) in [6.07, 6.45) is 5.65. The van der Waals surface area contributed by atoms with Crippen LogP contribution in [0.1, 0.15) is 0 Å². The molecule has 2 rings (SSSR count). The number of rotatable bonds is 3. The van der Waals surface area contributed by atoms with Gasteiger partial charge in [-0.1, -0.05) is 0 Å². The highest BCUT2D eigenvalue weighted by Crippen LogP contribution is 2.32. The minimum Gasteiger partial charge on any atom is -0.491 e. The Morgan fingerprint density at radius 3 is 2.43 bits per heavy atom. The van der Waals surface area contributed by atoms with Gasteiger partial charge in [0.2, 0.25) is 5.75 Å². The minimum atomic E-state index is 0.705. The molecule has 4 nitrogen and oxygen atoms in total. The highest BCUT2D eigenvalue weighted by molar-refractivity contribution is 5.52. The Kier molecular flexibility index (Phi) is 2.18. The van der Waals surface area contributed by atoms with Crippen LogP contribution >= 0.6 is 0 Å². The summed E-state index contributed by atoms with van der Waals surface area (Å²) in [4.78, 5) is 3.09. The van der Waals surface area contributed by atoms with Crippen LogP contribution in [-0.4, -0.2) is 23.8 Å². The summed E-state index contributed by atoms with van der Waals surface area (Å²) in [5.41, 5.74) is 0. The van der Waals surface area contributed by atoms with Crippen LogP contribution in [0.3, 0.4) is 0 Å². The van der Waals surface area contributed by atoms with Gasteiger partial charge in [-0.2, -0.15) is 0 Å². The van der Waals surface area contributed by atoms with E-state index in [1.807, 2.05) is 29.1 Å². The topological polar surface area (TPSA) is 39.2 Å². The molecular weight excluding hydrogens is 180 g/mol. The van der Waals surface area contributed by atoms with Crippen LogP contribution in [0.25, 0.3) is 5.82 Å². The average molecular weight is 192 g/mol. The Morgan fingerprint density at radius 1 is 1.14 bits per heavy atom. The second-order valence-electron chi connectivity index (χ2n) is 2.83. The summed E-state index contributed by atoms with van der Waals surface area (Å²) >= 11 is 0. The second kappa shape index (κ2) is 3.49. The van der Waals surface area contributed by atoms with Gasteiger partial charge in [0, 0.05) is 18.6 Å². The Labute approximate surface area is 82.1 Å². The van der Waals surface area contributed by atoms with Crippen molar-refractivity contribution in [1.29, 1.82) is 0 Å². The van der Waals surface area contributed by atoms with Crippen LogP contribution in [0.5, 0.6) is 11.5 Å². The number of aromatic amines is 1. The number of methoxy groups -OCH3 is 2. The summed E-state index contributed by atoms with van der Waals surface area (Å²) < 4.78 is 12.3. The van der Waals surface area contributed by atoms with E-state index in [2.05, 4.69) is 4.98 Å². The molecule has 2 aromatic heterocycles. The quantitative estimate of drug-likeness (QED) is 0.805. The minimum absolute atomic E-state index is 0.705. The van der Waals surface area contributed by atoms with E-state index in [1.165, 1.54) is 0 Å². The van der Waals surface area contributed by atoms with Crippen molar-refractivity contribution in [2.45, 2.75) is 0 Å². The van der Waals surface area contributed by atoms with Crippen molar-refractivity contribution in [3.63, 3.8) is 0 Å². The third-order valence-electron chi connectivity index (χ3n) is 2.07. The first-order chi connectivity index (χ1) is 6.86. The fourth-order valence-corrected chi connectivity index (χ4v) is 1.41. The van der Waals surface area contributed by atoms with Gasteiger partial charge in [-0.05, 0) is 12.1 Å². The maximum Gasteiger partial charge on any atom is 0.204 e. The van der Waals surface area contributed by atoms with Gasteiger partial charge in [0.05, 0.1) is 14.2 Å². The standard InChI is InChI=1S/C10H12N2O2/c1-13-8-7-11-10(9(8)14-2)12-5-3-4-6-12/h3-7,11H,1-2H3. The molecule has 74 valence electrons. The Morgan fingerprint density at radius 2 is 1.86 bits per heavy atom. The summed E-state index contributed by atoms with van der Waals surface area (Å²) in [6, 6.07) is 3.90. The molecule has 0 atom stereocenters. The van der Waals surface area contributed by atoms with Crippen molar-refractivity contribution in [2.75, 3.05) is 14.2 Å². The van der Waals surface area contributed by atoms with Crippen LogP contribution in [0.4, 0.5) is 0 Å². The molecule has 0 fully saturated rings. The van der Waals surface area contributed by atoms with E-state index >= 15 is 0 Å². The van der Waals surface area contributed by atoms with E-state index in [-0.39, 0.29) is 0 Å². The first kappa shape index (κ1) is 8.74. The fraction of sp³-hybridized carbons (Fsp3) is 0.200. The molecule has 0 aliphatic heterocycles. The van der Waals surface area contributed by atoms with E-state index < -0.39 is 0 Å². The summed E-state index contributed by atoms with van der Waals surface area (Å²) in [7, 11) is 3.24. The van der Waals surface area contributed by atoms with Gasteiger partial charge in [0.15, 0.2) is 11.6 Å². The van der Waals surface area contributed by atoms with Crippen molar-refractivity contribution in [2.24, 2.45) is 0 Å². The summed E-state index contributed by atoms with van der Waals surface area (Å²) in [6.45, 7) is 0. The lowest BCUT2D eigenvalue weighted by Crippen LogP contribution is -1.94. The maximum atomic E-state index is 5.25. The van der Waals surface area contributed by atoms with Gasteiger partial charge in [0.25, 0.3) is 0 Å². The first-order valence-electron chi connectivity index (χ1n) is 4.29. The molecule has 4 heteroatoms. The number of hydrogen-bond acceptors (Lipinski definition) is 2. The van der Waals surface area contributed by atoms with Crippen LogP contribution in [0.15, 0.2) is 30.7 Å². The normalized spacial score (nSPS) is 10.1. The van der Waals surface area contributed by atoms with Gasteiger partial charge < -0.3 is 19.0 Å². The van der Waals surface area contributed by atoms with Crippen LogP contribution in [0.2, 0.25) is 0 Å². The van der Waals surface area contributed by atoms with Crippen molar-refractivity contribution in [1.82, 2.24) is 9.55 Å². The van der Waals surface area contributed by atoms with Crippen molar-refractivity contribution in [3.8, 4) is 17.3 Å². The monoisotopic (exact) mass is 192 g/mol. The Hall–Kier alpha value is -1.84. The molecule has 0 unspecified atom stereocenters. The van der Waals surface area contributed by atoms with E-state index in [0.717, 1.165) is 5.82 Å². The fourth-order valence-electron chi connectivity index (χ4n) is 1.41. The second-order valence-corrected chi connectivity index (χ2v) is 2.83. The molecular formula is C10H12N2O2. The molecule has 1 N–H and O–H groups in total. The predicted molar refractivity (Wildman–Crippen MR) is 53.2 cm³/mol. The van der Waals surface area contributed by atoms with Gasteiger partial charge in [-0.15, -0.1) is 0 Å². The molecule has 0 bridgehead atoms. The lowest BCUT2D eigenvalue weighted by molar-refractivity contribution is 0.357. The van der Waals surface area contributed by atoms with E-state index in [1.54, 1.807) is 20.4 Å². The molecule has 2 aromatic rings. The number of hydrogen-bond donors (Lipinski definition) is 1. The molecule has 0 aliphatic rings. The summed E-state index contributed by atoms with van der Waals surface area (Å²) in [5.74, 6) is 2.29. The molecule has 0 amide bonds. The van der Waals surface area contributed by atoms with Gasteiger partial charge in [-0.25, -0.2) is 0 Å². The maximum absolute atomic E-state index is 5.25. The van der Waals surface area contributed by atoms with Crippen molar-refractivity contribution >= 4 is 0 Å². The predicted octanol–water partition coefficient (Wildman–Crippen LogP) is 1.82. The van der Waals surface area contributed by atoms with Gasteiger partial charge in [-0.3, -0.25) is 0 Å². The SMILES string of the molecule is COc1c[nH]c(-n2cccc2)c1OC. The van der Waals surface area contributed by atoms with E-state index in [4.69, 9.17) is 9.47 Å². The molecule has 0 spiro atoms. The number of nitrogens with one attached hydrogen (secondary N) is 1. The third kappa shape index (κ3) is 1.25. The van der Waals surface area contributed by atoms with Gasteiger partial charge >= 0.3 is 0 Å². The van der Waals surface area contributed by atoms with Gasteiger partial charge in [0.1, 0.15) is 0 Å². The molecule has 0 aliphatic carbocycles. The van der Waals surface area contributed by atoms with Crippen molar-refractivity contribution < 1.29 is 9.47 Å². The highest BCUT2D eigenvalue weighted by Gasteiger charge is 2.12. The lowest BCUT2D eigenvalue weighted by Gasteiger charge is -2.05. The molecule has 0 saturated carbocycles. The molecule has 2 heterocycles. The largest absolute Gasteiger partial charge is 0.491 e. The molecule has 14 heavy (non-hydrogen) atoms. The van der Waals surface area contributed by atoms with Crippen LogP contribution in [-0.2, 0) is 0 Å². The van der Waals surface area contributed by atoms with E-state index in [0.29, 0.717) is 11.5 Å². The first-order valence-corrected chi connectivity index (χ1v) is 4.29. The van der Waals surface area contributed by atoms with Crippen LogP contribution in [0, 0.1) is 0 Å². The van der Waals surface area contributed by atoms with Crippen LogP contribution < -0.4 is 9.47 Å². The Bertz CT molecular complexity index is 404. The smallest absolute Gasteiger partial charge is 0.204 e. The number of nitrogens with zero attached hydrogens (tertiary/aromatic N) is 1. The summed E-state index contributed by atoms with van der Waals surface area (Å²) in [5, 5.41) is 0. The third-order valence-corrected chi connectivity index (χ3v) is 2.07. The number of ether oxygens (including phenoxy) is 2. The Balaban J connectivity index is 2.48. The molecule has 0 saturated heterocycles. The zero-order valence-corrected chi connectivity index (χ0v) is 8.15. The highest BCUT2D eigenvalue weighted by atomic mass is 16.5. The molecule has 0 aromatic carbocycles. The number of H-pyrrole nitrogens is 1. The average Bonchev–Trinajstić information content (AvgIpc) is 2.85.